The Morgan fingerprint density at radius 2 is 0.916 bits per heavy atom. The minimum absolute atomic E-state index is 0.0246. The van der Waals surface area contributed by atoms with Crippen LogP contribution in [0.2, 0.25) is 10.0 Å². The van der Waals surface area contributed by atoms with Gasteiger partial charge in [0.15, 0.2) is 35.3 Å². The summed E-state index contributed by atoms with van der Waals surface area (Å²) in [5.74, 6) is -0.759. The van der Waals surface area contributed by atoms with E-state index >= 15 is 0 Å². The van der Waals surface area contributed by atoms with E-state index in [-0.39, 0.29) is 76.9 Å². The number of hydrogen-bond acceptors (Lipinski definition) is 26. The van der Waals surface area contributed by atoms with Gasteiger partial charge in [0, 0.05) is 98.8 Å². The van der Waals surface area contributed by atoms with Gasteiger partial charge in [0.1, 0.15) is 16.6 Å². The van der Waals surface area contributed by atoms with Crippen LogP contribution in [0.15, 0.2) is 287 Å². The first-order valence-electron chi connectivity index (χ1n) is 45.3. The fraction of sp³-hybridized carbons (Fsp3) is 0.234. The maximum absolute atomic E-state index is 13.6. The Bertz CT molecular complexity index is 7570. The molecule has 1 fully saturated rings. The van der Waals surface area contributed by atoms with Crippen LogP contribution in [0, 0.1) is 45.8 Å². The lowest BCUT2D eigenvalue weighted by Gasteiger charge is -2.39. The highest BCUT2D eigenvalue weighted by Crippen LogP contribution is 2.53. The number of benzene rings is 8. The molecule has 1 unspecified atom stereocenters. The van der Waals surface area contributed by atoms with Crippen molar-refractivity contribution in [3.05, 3.63) is 331 Å². The highest BCUT2D eigenvalue weighted by molar-refractivity contribution is 9.10. The van der Waals surface area contributed by atoms with Crippen molar-refractivity contribution in [3.8, 4) is 62.7 Å². The molecule has 12 heterocycles. The van der Waals surface area contributed by atoms with Crippen LogP contribution in [0.3, 0.4) is 0 Å². The number of nitrogens with zero attached hydrogens (tertiary/aromatic N) is 15. The van der Waals surface area contributed by atoms with Gasteiger partial charge >= 0.3 is 0 Å². The van der Waals surface area contributed by atoms with Crippen LogP contribution in [0.1, 0.15) is 125 Å². The van der Waals surface area contributed by atoms with Crippen LogP contribution < -0.4 is 28.7 Å². The Balaban J connectivity index is 0.000000131. The van der Waals surface area contributed by atoms with Crippen molar-refractivity contribution in [2.45, 2.75) is 99.7 Å². The Labute approximate surface area is 867 Å². The number of likely N-dealkylation sites (N-methyl/N-ethyl adjacent to an activating group) is 2. The molecule has 0 saturated carbocycles. The van der Waals surface area contributed by atoms with E-state index in [0.717, 1.165) is 112 Å². The summed E-state index contributed by atoms with van der Waals surface area (Å²) >= 11 is 23.5. The van der Waals surface area contributed by atoms with E-state index in [1.165, 1.54) is 40.1 Å². The number of amides is 5. The van der Waals surface area contributed by atoms with Crippen molar-refractivity contribution in [2.75, 3.05) is 47.8 Å². The SMILES string of the molecule is CC1(c2cccc(-c3cccc(Cl)c3)c2)N=C(N)N(C[C@H]2CCN(S(=O)(=O)Cc3ccccc3)C2)C1=O.CN1C(=O)C[C@@](C)(c2cncc(Br)c2)N=C1N.CN1C(=O)[C@@H](c2csc3ccccc23)[C@@](C)(c2cc(-c3cccc(C#N)c3)cs2)N=C1N.CN1C(=O)[C@H](c2csc3ccccc23)[C@@](C)(c2cc(-c3cccc(C#N)c3)cs2)N=C1N.C[C@@H]1C(=O)N(C)C(N)=N[C@]1(C)c1cc(-c2cc(Cl)cc(C#N)c2)cs1. The summed E-state index contributed by atoms with van der Waals surface area (Å²) in [5.41, 5.74) is 39.8. The van der Waals surface area contributed by atoms with Gasteiger partial charge in [0.2, 0.25) is 33.7 Å². The van der Waals surface area contributed by atoms with E-state index in [4.69, 9.17) is 67.1 Å². The van der Waals surface area contributed by atoms with Crippen LogP contribution in [0.4, 0.5) is 0 Å². The minimum Gasteiger partial charge on any atom is -0.369 e. The Hall–Kier alpha value is -13.9. The molecule has 8 aromatic carbocycles. The normalized spacial score (nSPS) is 22.2. The summed E-state index contributed by atoms with van der Waals surface area (Å²) in [7, 11) is 3.16. The summed E-state index contributed by atoms with van der Waals surface area (Å²) in [6.07, 6.45) is 4.35. The lowest BCUT2D eigenvalue weighted by Crippen LogP contribution is -2.52. The number of rotatable bonds is 16. The summed E-state index contributed by atoms with van der Waals surface area (Å²) < 4.78 is 30.6. The number of nitrogens with two attached hydrogens (primary N) is 5. The molecule has 14 aromatic rings. The largest absolute Gasteiger partial charge is 0.369 e. The van der Waals surface area contributed by atoms with Gasteiger partial charge in [-0.25, -0.2) is 37.7 Å². The molecule has 20 rings (SSSR count). The van der Waals surface area contributed by atoms with Gasteiger partial charge in [-0.3, -0.25) is 53.5 Å². The summed E-state index contributed by atoms with van der Waals surface area (Å²) in [6, 6.07) is 75.4. The third-order valence-corrected chi connectivity index (χ3v) is 35.0. The maximum Gasteiger partial charge on any atom is 0.261 e. The molecule has 9 atom stereocenters. The highest BCUT2D eigenvalue weighted by Gasteiger charge is 2.53. The fourth-order valence-corrected chi connectivity index (χ4v) is 26.0. The number of guanidine groups is 5. The smallest absolute Gasteiger partial charge is 0.261 e. The molecule has 5 amide bonds. The van der Waals surface area contributed by atoms with E-state index in [0.29, 0.717) is 59.2 Å². The Morgan fingerprint density at radius 1 is 0.455 bits per heavy atom. The molecule has 0 bridgehead atoms. The number of nitriles is 3. The van der Waals surface area contributed by atoms with E-state index in [9.17, 15) is 42.9 Å². The lowest BCUT2D eigenvalue weighted by molar-refractivity contribution is -0.133. The average molecular weight is 2120 g/mol. The van der Waals surface area contributed by atoms with E-state index in [1.54, 1.807) is 117 Å². The lowest BCUT2D eigenvalue weighted by atomic mass is 9.77. The van der Waals surface area contributed by atoms with Crippen LogP contribution in [-0.2, 0) is 67.4 Å². The summed E-state index contributed by atoms with van der Waals surface area (Å²) in [5, 5.41) is 41.1. The van der Waals surface area contributed by atoms with Crippen molar-refractivity contribution in [2.24, 2.45) is 65.5 Å². The second kappa shape index (κ2) is 41.6. The van der Waals surface area contributed by atoms with Crippen molar-refractivity contribution >= 4 is 185 Å². The zero-order chi connectivity index (χ0) is 102. The molecule has 36 heteroatoms. The highest BCUT2D eigenvalue weighted by atomic mass is 79.9. The van der Waals surface area contributed by atoms with E-state index < -0.39 is 49.6 Å². The molecule has 27 nitrogen and oxygen atoms in total. The molecule has 0 spiro atoms. The van der Waals surface area contributed by atoms with Crippen molar-refractivity contribution in [3.63, 3.8) is 0 Å². The van der Waals surface area contributed by atoms with Crippen molar-refractivity contribution in [1.82, 2.24) is 33.8 Å². The second-order valence-electron chi connectivity index (χ2n) is 36.4. The molecule has 10 N–H and O–H groups in total. The number of aliphatic imine (C=N–C) groups is 5. The molecule has 6 aliphatic heterocycles. The molecule has 1 saturated heterocycles. The average Bonchev–Trinajstić information content (AvgIpc) is 1.66. The zero-order valence-electron chi connectivity index (χ0n) is 79.4. The van der Waals surface area contributed by atoms with Crippen LogP contribution in [0.25, 0.3) is 64.7 Å². The van der Waals surface area contributed by atoms with Gasteiger partial charge in [-0.2, -0.15) is 15.8 Å². The Morgan fingerprint density at radius 3 is 1.44 bits per heavy atom. The number of carbonyl (C=O) groups is 5. The topological polar surface area (TPSA) is 415 Å². The number of thiophene rings is 5. The minimum atomic E-state index is -3.45. The van der Waals surface area contributed by atoms with Crippen molar-refractivity contribution in [1.29, 1.82) is 15.8 Å². The number of carbonyl (C=O) groups excluding carboxylic acids is 5. The van der Waals surface area contributed by atoms with E-state index in [2.05, 4.69) is 101 Å². The number of fused-ring (bicyclic) bond motifs is 2. The third-order valence-electron chi connectivity index (χ3n) is 26.9. The number of aromatic nitrogens is 1. The van der Waals surface area contributed by atoms with Crippen LogP contribution >= 0.6 is 95.8 Å². The molecular formula is C107H99BrCl2N20O7S6. The Kier molecular flexibility index (Phi) is 29.6. The first-order valence-corrected chi connectivity index (χ1v) is 52.8. The van der Waals surface area contributed by atoms with Gasteiger partial charge < -0.3 is 28.7 Å². The summed E-state index contributed by atoms with van der Waals surface area (Å²) in [4.78, 5) is 102. The predicted octanol–water partition coefficient (Wildman–Crippen LogP) is 19.6. The fourth-order valence-electron chi connectivity index (χ4n) is 18.4. The number of sulfonamides is 1. The standard InChI is InChI=1S/C28H29ClN4O3S.2C25H20N4OS2.C18H17ClN4OS.C11H13BrN4O/c1-28(24-11-5-9-22(15-24)23-10-6-12-25(29)16-23)26(34)33(27(30)31-28)18-21-13-14-32(17-21)37(35,36)19-20-7-3-2-4-8-20;2*1-25(21-11-17(13-32-21)16-7-5-6-15(10-16)12-26)22(23(30)29(2)24(27)28-25)19-14-31-20-9-4-3-8-18(19)20;1-10-16(24)23(3)17(21)22-18(10,2)15-7-13(9-25-15)12-4-11(8-20)5-14(19)6-12;1-11(7-3-8(12)6-14-5-7)4-9(17)16(2)10(13)15-11/h2-12,15-16,21H,13-14,17-19H2,1H3,(H2,30,31);2*3-11,13-14,22H,1-2H3,(H2,27,28);4-7,9-10H,1-3H3,(H2,21,22);3,5-6H,4H2,1-2H3,(H2,13,15)/t21-,28?;22-,25+;22-,25-;10-,18+;11-/m00110/s1. The molecule has 6 aliphatic rings. The molecule has 726 valence electrons. The number of halogens is 3. The zero-order valence-corrected chi connectivity index (χ0v) is 87.4. The first kappa shape index (κ1) is 102. The van der Waals surface area contributed by atoms with Gasteiger partial charge in [0.25, 0.3) is 5.91 Å². The van der Waals surface area contributed by atoms with Crippen molar-refractivity contribution < 1.29 is 32.4 Å². The van der Waals surface area contributed by atoms with E-state index in [1.807, 2.05) is 208 Å². The second-order valence-corrected chi connectivity index (χ2v) is 44.7. The first-order chi connectivity index (χ1) is 68.2. The van der Waals surface area contributed by atoms with Gasteiger partial charge in [0.05, 0.1) is 70.4 Å². The van der Waals surface area contributed by atoms with Crippen LogP contribution in [-0.4, -0.2) is 149 Å². The van der Waals surface area contributed by atoms with Gasteiger partial charge in [-0.05, 0) is 270 Å². The molecule has 143 heavy (non-hydrogen) atoms. The predicted molar refractivity (Wildman–Crippen MR) is 577 cm³/mol. The monoisotopic (exact) mass is 2120 g/mol. The number of pyridine rings is 1. The third kappa shape index (κ3) is 20.8. The molecule has 6 aromatic heterocycles. The number of hydrogen-bond donors (Lipinski definition) is 5. The van der Waals surface area contributed by atoms with Gasteiger partial charge in [-0.1, -0.05) is 151 Å². The van der Waals surface area contributed by atoms with Gasteiger partial charge in [-0.15, -0.1) is 56.7 Å². The molecule has 0 radical (unpaired) electrons. The van der Waals surface area contributed by atoms with Crippen LogP contribution in [0.5, 0.6) is 0 Å². The molecule has 0 aliphatic carbocycles. The summed E-state index contributed by atoms with van der Waals surface area (Å²) in [6.45, 7) is 12.5. The quantitative estimate of drug-likeness (QED) is 0.0600. The molecular weight excluding hydrogens is 2020 g/mol. The maximum atomic E-state index is 13.6.